The summed E-state index contributed by atoms with van der Waals surface area (Å²) in [5.74, 6) is 0.806. The van der Waals surface area contributed by atoms with Gasteiger partial charge < -0.3 is 39.4 Å². The molecular weight excluding hydrogens is 554 g/mol. The second-order valence-corrected chi connectivity index (χ2v) is 11.2. The molecule has 1 aromatic carbocycles. The first-order chi connectivity index (χ1) is 20.9. The molecule has 2 aliphatic heterocycles. The van der Waals surface area contributed by atoms with Gasteiger partial charge in [-0.3, -0.25) is 4.79 Å². The standard InChI is InChI=1S/C30H39N7O6/c1-31-30(39)43-25-16-26(34-37-23(17-32-27(25)37)28(38)33-20-8-9-24(20)40-2)36-15-12-19-21(6-5-7-22(19)36)35-13-10-18(11-14-35)29(41-3)42-4/h5-7,16-18,20,24,29H,8-15H2,1-4H3,(H,31,39)(H,33,38)/t20-,24-/m1/s1. The van der Waals surface area contributed by atoms with Crippen molar-refractivity contribution in [2.24, 2.45) is 5.92 Å². The number of anilines is 3. The molecule has 6 rings (SSSR count). The average molecular weight is 594 g/mol. The minimum atomic E-state index is -0.637. The number of hydrogen-bond acceptors (Lipinski definition) is 10. The van der Waals surface area contributed by atoms with E-state index in [0.29, 0.717) is 18.3 Å². The van der Waals surface area contributed by atoms with Crippen LogP contribution < -0.4 is 25.2 Å². The summed E-state index contributed by atoms with van der Waals surface area (Å²) in [6.45, 7) is 2.51. The second-order valence-electron chi connectivity index (χ2n) is 11.2. The number of fused-ring (bicyclic) bond motifs is 2. The van der Waals surface area contributed by atoms with Crippen LogP contribution in [0.15, 0.2) is 30.5 Å². The van der Waals surface area contributed by atoms with E-state index >= 15 is 0 Å². The smallest absolute Gasteiger partial charge is 0.406 e. The Kier molecular flexibility index (Phi) is 8.37. The van der Waals surface area contributed by atoms with Gasteiger partial charge in [0.05, 0.1) is 18.3 Å². The summed E-state index contributed by atoms with van der Waals surface area (Å²) < 4.78 is 23.5. The average Bonchev–Trinajstić information content (AvgIpc) is 3.65. The first-order valence-electron chi connectivity index (χ1n) is 14.8. The number of hydrogen-bond donors (Lipinski definition) is 2. The first kappa shape index (κ1) is 29.1. The maximum absolute atomic E-state index is 13.3. The largest absolute Gasteiger partial charge is 0.412 e. The molecular formula is C30H39N7O6. The van der Waals surface area contributed by atoms with E-state index in [1.54, 1.807) is 27.4 Å². The fourth-order valence-corrected chi connectivity index (χ4v) is 6.44. The number of nitrogens with one attached hydrogen (secondary N) is 2. The van der Waals surface area contributed by atoms with Crippen molar-refractivity contribution in [2.45, 2.75) is 50.5 Å². The molecule has 230 valence electrons. The van der Waals surface area contributed by atoms with Gasteiger partial charge in [-0.1, -0.05) is 6.07 Å². The predicted molar refractivity (Wildman–Crippen MR) is 159 cm³/mol. The summed E-state index contributed by atoms with van der Waals surface area (Å²) in [7, 11) is 6.52. The van der Waals surface area contributed by atoms with Gasteiger partial charge in [0.15, 0.2) is 29.2 Å². The van der Waals surface area contributed by atoms with E-state index in [4.69, 9.17) is 24.0 Å². The van der Waals surface area contributed by atoms with Crippen LogP contribution >= 0.6 is 0 Å². The van der Waals surface area contributed by atoms with Crippen LogP contribution in [0, 0.1) is 5.92 Å². The van der Waals surface area contributed by atoms with Gasteiger partial charge in [0.2, 0.25) is 0 Å². The highest BCUT2D eigenvalue weighted by Gasteiger charge is 2.34. The van der Waals surface area contributed by atoms with Crippen molar-refractivity contribution in [2.75, 3.05) is 57.8 Å². The number of carbonyl (C=O) groups excluding carboxylic acids is 2. The van der Waals surface area contributed by atoms with Gasteiger partial charge in [-0.15, -0.1) is 5.10 Å². The third-order valence-corrected chi connectivity index (χ3v) is 8.90. The van der Waals surface area contributed by atoms with Crippen LogP contribution in [-0.4, -0.2) is 93.0 Å². The van der Waals surface area contributed by atoms with Crippen molar-refractivity contribution in [1.82, 2.24) is 25.2 Å². The molecule has 2 aromatic heterocycles. The summed E-state index contributed by atoms with van der Waals surface area (Å²) in [4.78, 5) is 34.5. The molecule has 3 aromatic rings. The number of benzene rings is 1. The Morgan fingerprint density at radius 1 is 1.02 bits per heavy atom. The van der Waals surface area contributed by atoms with Crippen molar-refractivity contribution >= 4 is 34.8 Å². The lowest BCUT2D eigenvalue weighted by atomic mass is 9.89. The van der Waals surface area contributed by atoms with E-state index in [2.05, 4.69) is 43.6 Å². The van der Waals surface area contributed by atoms with Crippen molar-refractivity contribution in [3.63, 3.8) is 0 Å². The zero-order valence-electron chi connectivity index (χ0n) is 25.0. The topological polar surface area (TPSA) is 132 Å². The van der Waals surface area contributed by atoms with Crippen molar-refractivity contribution in [3.8, 4) is 5.75 Å². The summed E-state index contributed by atoms with van der Waals surface area (Å²) in [6.07, 6.45) is 5.15. The Labute approximate surface area is 250 Å². The quantitative estimate of drug-likeness (QED) is 0.357. The molecule has 1 saturated carbocycles. The molecule has 0 unspecified atom stereocenters. The van der Waals surface area contributed by atoms with E-state index in [9.17, 15) is 9.59 Å². The van der Waals surface area contributed by atoms with Gasteiger partial charge in [-0.25, -0.2) is 14.3 Å². The molecule has 2 amide bonds. The number of carbonyl (C=O) groups is 2. The lowest BCUT2D eigenvalue weighted by Gasteiger charge is -2.37. The Hall–Kier alpha value is -3.94. The highest BCUT2D eigenvalue weighted by molar-refractivity contribution is 5.94. The number of methoxy groups -OCH3 is 3. The lowest BCUT2D eigenvalue weighted by Crippen LogP contribution is -2.51. The maximum atomic E-state index is 13.3. The highest BCUT2D eigenvalue weighted by Crippen LogP contribution is 2.41. The number of aromatic nitrogens is 3. The summed E-state index contributed by atoms with van der Waals surface area (Å²) in [6, 6.07) is 7.95. The van der Waals surface area contributed by atoms with Crippen LogP contribution in [0.25, 0.3) is 5.65 Å². The first-order valence-corrected chi connectivity index (χ1v) is 14.8. The van der Waals surface area contributed by atoms with Gasteiger partial charge >= 0.3 is 6.09 Å². The van der Waals surface area contributed by atoms with Gasteiger partial charge in [-0.05, 0) is 44.2 Å². The van der Waals surface area contributed by atoms with Crippen LogP contribution in [0.2, 0.25) is 0 Å². The Morgan fingerprint density at radius 3 is 2.47 bits per heavy atom. The zero-order chi connectivity index (χ0) is 30.1. The number of nitrogens with zero attached hydrogens (tertiary/aromatic N) is 5. The molecule has 0 radical (unpaired) electrons. The fourth-order valence-electron chi connectivity index (χ4n) is 6.44. The van der Waals surface area contributed by atoms with Gasteiger partial charge in [-0.2, -0.15) is 0 Å². The van der Waals surface area contributed by atoms with Crippen molar-refractivity contribution in [1.29, 1.82) is 0 Å². The predicted octanol–water partition coefficient (Wildman–Crippen LogP) is 2.88. The van der Waals surface area contributed by atoms with E-state index in [1.165, 1.54) is 29.0 Å². The molecule has 2 N–H and O–H groups in total. The van der Waals surface area contributed by atoms with Crippen LogP contribution in [0.1, 0.15) is 41.7 Å². The molecule has 3 aliphatic rings. The molecule has 2 atom stereocenters. The van der Waals surface area contributed by atoms with Crippen LogP contribution in [0.3, 0.4) is 0 Å². The zero-order valence-corrected chi connectivity index (χ0v) is 25.0. The van der Waals surface area contributed by atoms with Gasteiger partial charge in [0.1, 0.15) is 0 Å². The molecule has 13 heteroatoms. The molecule has 0 spiro atoms. The van der Waals surface area contributed by atoms with Gasteiger partial charge in [0, 0.05) is 76.9 Å². The van der Waals surface area contributed by atoms with Crippen molar-refractivity contribution in [3.05, 3.63) is 41.7 Å². The minimum Gasteiger partial charge on any atom is -0.406 e. The maximum Gasteiger partial charge on any atom is 0.412 e. The fraction of sp³-hybridized carbons (Fsp3) is 0.533. The number of ether oxygens (including phenoxy) is 4. The molecule has 1 aliphatic carbocycles. The van der Waals surface area contributed by atoms with E-state index in [-0.39, 0.29) is 41.4 Å². The third kappa shape index (κ3) is 5.48. The summed E-state index contributed by atoms with van der Waals surface area (Å²) in [5.41, 5.74) is 4.01. The minimum absolute atomic E-state index is 0.0127. The highest BCUT2D eigenvalue weighted by atomic mass is 16.7. The van der Waals surface area contributed by atoms with E-state index in [0.717, 1.165) is 50.9 Å². The molecule has 0 bridgehead atoms. The van der Waals surface area contributed by atoms with Crippen molar-refractivity contribution < 1.29 is 28.5 Å². The summed E-state index contributed by atoms with van der Waals surface area (Å²) >= 11 is 0. The van der Waals surface area contributed by atoms with Gasteiger partial charge in [0.25, 0.3) is 5.91 Å². The Balaban J connectivity index is 1.31. The van der Waals surface area contributed by atoms with Crippen LogP contribution in [0.4, 0.5) is 22.0 Å². The van der Waals surface area contributed by atoms with E-state index in [1.807, 2.05) is 0 Å². The number of rotatable bonds is 9. The molecule has 43 heavy (non-hydrogen) atoms. The molecule has 2 fully saturated rings. The second kappa shape index (κ2) is 12.3. The van der Waals surface area contributed by atoms with Crippen LogP contribution in [0.5, 0.6) is 5.75 Å². The normalized spacial score (nSPS) is 20.3. The molecule has 1 saturated heterocycles. The Morgan fingerprint density at radius 2 is 1.79 bits per heavy atom. The van der Waals surface area contributed by atoms with E-state index < -0.39 is 6.09 Å². The number of piperidine rings is 1. The summed E-state index contributed by atoms with van der Waals surface area (Å²) in [5, 5.41) is 10.4. The van der Waals surface area contributed by atoms with Crippen LogP contribution in [-0.2, 0) is 20.6 Å². The monoisotopic (exact) mass is 593 g/mol. The number of amides is 2. The number of imidazole rings is 1. The Bertz CT molecular complexity index is 1480. The third-order valence-electron chi connectivity index (χ3n) is 8.90. The molecule has 13 nitrogen and oxygen atoms in total. The molecule has 4 heterocycles. The SMILES string of the molecule is CNC(=O)Oc1cc(N2CCc3c(N4CCC(C(OC)OC)CC4)cccc32)nn2c(C(=O)N[C@@H]3CC[C@H]3OC)cnc12. The lowest BCUT2D eigenvalue weighted by molar-refractivity contribution is -0.141.